The minimum Gasteiger partial charge on any atom is -0.497 e. The average molecular weight is 326 g/mol. The smallest absolute Gasteiger partial charge is 0.119 e. The zero-order valence-corrected chi connectivity index (χ0v) is 13.1. The minimum atomic E-state index is -0.0779. The fourth-order valence-corrected chi connectivity index (χ4v) is 3.51. The molecule has 4 heteroatoms. The number of hydrogen-bond acceptors (Lipinski definition) is 3. The van der Waals surface area contributed by atoms with E-state index in [-0.39, 0.29) is 6.04 Å². The summed E-state index contributed by atoms with van der Waals surface area (Å²) in [5.41, 5.74) is 9.87. The van der Waals surface area contributed by atoms with Gasteiger partial charge < -0.3 is 10.5 Å². The molecule has 1 aromatic heterocycles. The molecule has 0 radical (unpaired) electrons. The molecule has 0 amide bonds. The van der Waals surface area contributed by atoms with Gasteiger partial charge in [-0.25, -0.2) is 0 Å². The molecule has 0 saturated heterocycles. The van der Waals surface area contributed by atoms with E-state index in [0.29, 0.717) is 0 Å². The fourth-order valence-electron chi connectivity index (χ4n) is 1.91. The normalized spacial score (nSPS) is 12.5. The van der Waals surface area contributed by atoms with Crippen molar-refractivity contribution in [3.05, 3.63) is 49.6 Å². The summed E-state index contributed by atoms with van der Waals surface area (Å²) in [4.78, 5) is 1.17. The molecular formula is C14H16BrNOS. The van der Waals surface area contributed by atoms with Crippen LogP contribution in [0, 0.1) is 13.8 Å². The highest BCUT2D eigenvalue weighted by molar-refractivity contribution is 9.11. The molecule has 2 N–H and O–H groups in total. The molecular weight excluding hydrogens is 310 g/mol. The Morgan fingerprint density at radius 2 is 1.94 bits per heavy atom. The Morgan fingerprint density at radius 1 is 1.22 bits per heavy atom. The molecule has 1 heterocycles. The number of benzene rings is 1. The van der Waals surface area contributed by atoms with Gasteiger partial charge >= 0.3 is 0 Å². The molecule has 96 valence electrons. The third-order valence-corrected chi connectivity index (χ3v) is 5.21. The lowest BCUT2D eigenvalue weighted by Gasteiger charge is -2.14. The molecule has 1 unspecified atom stereocenters. The highest BCUT2D eigenvalue weighted by Gasteiger charge is 2.15. The number of halogens is 1. The van der Waals surface area contributed by atoms with Gasteiger partial charge in [-0.3, -0.25) is 0 Å². The first-order valence-corrected chi connectivity index (χ1v) is 7.30. The van der Waals surface area contributed by atoms with E-state index >= 15 is 0 Å². The van der Waals surface area contributed by atoms with Gasteiger partial charge in [0.15, 0.2) is 0 Å². The summed E-state index contributed by atoms with van der Waals surface area (Å²) in [7, 11) is 1.67. The highest BCUT2D eigenvalue weighted by Crippen LogP contribution is 2.34. The Balaban J connectivity index is 2.36. The van der Waals surface area contributed by atoms with Crippen molar-refractivity contribution in [1.82, 2.24) is 0 Å². The average Bonchev–Trinajstić information content (AvgIpc) is 2.68. The van der Waals surface area contributed by atoms with Gasteiger partial charge in [-0.2, -0.15) is 0 Å². The van der Waals surface area contributed by atoms with Crippen LogP contribution in [0.1, 0.15) is 27.6 Å². The van der Waals surface area contributed by atoms with E-state index in [1.54, 1.807) is 18.4 Å². The molecule has 0 aliphatic rings. The number of rotatable bonds is 3. The van der Waals surface area contributed by atoms with Crippen molar-refractivity contribution in [2.45, 2.75) is 19.9 Å². The predicted octanol–water partition coefficient (Wildman–Crippen LogP) is 4.18. The van der Waals surface area contributed by atoms with E-state index in [4.69, 9.17) is 10.5 Å². The Hall–Kier alpha value is -0.840. The van der Waals surface area contributed by atoms with Gasteiger partial charge in [-0.15, -0.1) is 11.3 Å². The Bertz CT molecular complexity index is 545. The molecule has 0 spiro atoms. The van der Waals surface area contributed by atoms with E-state index in [1.165, 1.54) is 10.4 Å². The van der Waals surface area contributed by atoms with Crippen LogP contribution in [0.3, 0.4) is 0 Å². The zero-order valence-electron chi connectivity index (χ0n) is 10.7. The predicted molar refractivity (Wildman–Crippen MR) is 80.5 cm³/mol. The van der Waals surface area contributed by atoms with Crippen LogP contribution in [0.4, 0.5) is 0 Å². The minimum absolute atomic E-state index is 0.0779. The Labute approximate surface area is 120 Å². The SMILES string of the molecule is COc1ccc(C(N)c2cc(C)c(Br)s2)c(C)c1. The van der Waals surface area contributed by atoms with Crippen LogP contribution in [0.5, 0.6) is 5.75 Å². The number of aryl methyl sites for hydroxylation is 2. The molecule has 18 heavy (non-hydrogen) atoms. The lowest BCUT2D eigenvalue weighted by molar-refractivity contribution is 0.414. The first kappa shape index (κ1) is 13.6. The maximum atomic E-state index is 6.34. The van der Waals surface area contributed by atoms with Crippen LogP contribution in [-0.4, -0.2) is 7.11 Å². The van der Waals surface area contributed by atoms with E-state index in [2.05, 4.69) is 35.8 Å². The van der Waals surface area contributed by atoms with Crippen molar-refractivity contribution in [2.24, 2.45) is 5.73 Å². The summed E-state index contributed by atoms with van der Waals surface area (Å²) in [5, 5.41) is 0. The van der Waals surface area contributed by atoms with Crippen molar-refractivity contribution in [3.8, 4) is 5.75 Å². The van der Waals surface area contributed by atoms with E-state index in [9.17, 15) is 0 Å². The second-order valence-corrected chi connectivity index (χ2v) is 6.71. The van der Waals surface area contributed by atoms with E-state index in [1.807, 2.05) is 18.2 Å². The van der Waals surface area contributed by atoms with Crippen molar-refractivity contribution in [1.29, 1.82) is 0 Å². The number of ether oxygens (including phenoxy) is 1. The molecule has 2 nitrogen and oxygen atoms in total. The van der Waals surface area contributed by atoms with Crippen molar-refractivity contribution in [3.63, 3.8) is 0 Å². The summed E-state index contributed by atoms with van der Waals surface area (Å²) < 4.78 is 6.36. The third kappa shape index (κ3) is 2.60. The van der Waals surface area contributed by atoms with E-state index in [0.717, 1.165) is 20.7 Å². The molecule has 0 aliphatic carbocycles. The number of hydrogen-bond donors (Lipinski definition) is 1. The fraction of sp³-hybridized carbons (Fsp3) is 0.286. The molecule has 2 aromatic rings. The first-order chi connectivity index (χ1) is 8.52. The van der Waals surface area contributed by atoms with Crippen LogP contribution >= 0.6 is 27.3 Å². The lowest BCUT2D eigenvalue weighted by Crippen LogP contribution is -2.11. The Kier molecular flexibility index (Phi) is 4.10. The summed E-state index contributed by atoms with van der Waals surface area (Å²) in [6.45, 7) is 4.14. The molecule has 1 atom stereocenters. The Morgan fingerprint density at radius 3 is 2.44 bits per heavy atom. The second-order valence-electron chi connectivity index (χ2n) is 4.31. The van der Waals surface area contributed by atoms with Crippen molar-refractivity contribution < 1.29 is 4.74 Å². The van der Waals surface area contributed by atoms with Gasteiger partial charge in [0.2, 0.25) is 0 Å². The van der Waals surface area contributed by atoms with Gasteiger partial charge in [0.05, 0.1) is 16.9 Å². The lowest BCUT2D eigenvalue weighted by atomic mass is 10.0. The van der Waals surface area contributed by atoms with E-state index < -0.39 is 0 Å². The maximum Gasteiger partial charge on any atom is 0.119 e. The van der Waals surface area contributed by atoms with Crippen molar-refractivity contribution in [2.75, 3.05) is 7.11 Å². The molecule has 1 aromatic carbocycles. The standard InChI is InChI=1S/C14H16BrNOS/c1-8-6-10(17-3)4-5-11(8)13(16)12-7-9(2)14(15)18-12/h4-7,13H,16H2,1-3H3. The second kappa shape index (κ2) is 5.43. The monoisotopic (exact) mass is 325 g/mol. The van der Waals surface area contributed by atoms with Crippen LogP contribution in [0.2, 0.25) is 0 Å². The van der Waals surface area contributed by atoms with Crippen molar-refractivity contribution >= 4 is 27.3 Å². The first-order valence-electron chi connectivity index (χ1n) is 5.69. The van der Waals surface area contributed by atoms with Gasteiger partial charge in [0.1, 0.15) is 5.75 Å². The van der Waals surface area contributed by atoms with Gasteiger partial charge in [-0.1, -0.05) is 6.07 Å². The van der Waals surface area contributed by atoms with Gasteiger partial charge in [0, 0.05) is 4.88 Å². The maximum absolute atomic E-state index is 6.34. The molecule has 0 aliphatic heterocycles. The number of thiophene rings is 1. The molecule has 0 fully saturated rings. The van der Waals surface area contributed by atoms with Crippen LogP contribution in [0.25, 0.3) is 0 Å². The summed E-state index contributed by atoms with van der Waals surface area (Å²) in [6.07, 6.45) is 0. The molecule has 0 bridgehead atoms. The summed E-state index contributed by atoms with van der Waals surface area (Å²) >= 11 is 5.24. The third-order valence-electron chi connectivity index (χ3n) is 2.99. The van der Waals surface area contributed by atoms with Crippen LogP contribution in [-0.2, 0) is 0 Å². The highest BCUT2D eigenvalue weighted by atomic mass is 79.9. The summed E-state index contributed by atoms with van der Waals surface area (Å²) in [6, 6.07) is 8.08. The zero-order chi connectivity index (χ0) is 13.3. The summed E-state index contributed by atoms with van der Waals surface area (Å²) in [5.74, 6) is 0.868. The largest absolute Gasteiger partial charge is 0.497 e. The van der Waals surface area contributed by atoms with Crippen LogP contribution in [0.15, 0.2) is 28.1 Å². The van der Waals surface area contributed by atoms with Gasteiger partial charge in [0.25, 0.3) is 0 Å². The van der Waals surface area contributed by atoms with Gasteiger partial charge in [-0.05, 0) is 64.7 Å². The topological polar surface area (TPSA) is 35.2 Å². The van der Waals surface area contributed by atoms with Crippen LogP contribution < -0.4 is 10.5 Å². The number of methoxy groups -OCH3 is 1. The molecule has 2 rings (SSSR count). The molecule has 0 saturated carbocycles. The quantitative estimate of drug-likeness (QED) is 0.918. The number of nitrogens with two attached hydrogens (primary N) is 1.